The summed E-state index contributed by atoms with van der Waals surface area (Å²) in [6.07, 6.45) is 0.221. The van der Waals surface area contributed by atoms with E-state index >= 15 is 0 Å². The van der Waals surface area contributed by atoms with Gasteiger partial charge in [-0.1, -0.05) is 13.8 Å². The van der Waals surface area contributed by atoms with E-state index in [1.807, 2.05) is 13.8 Å². The molecular formula is C13H18N2O3S. The van der Waals surface area contributed by atoms with Gasteiger partial charge in [-0.05, 0) is 18.6 Å². The van der Waals surface area contributed by atoms with Crippen molar-refractivity contribution >= 4 is 28.2 Å². The molecule has 3 N–H and O–H groups in total. The van der Waals surface area contributed by atoms with Gasteiger partial charge >= 0.3 is 0 Å². The lowest BCUT2D eigenvalue weighted by atomic mass is 9.64. The lowest BCUT2D eigenvalue weighted by Gasteiger charge is -2.49. The number of hydrogen-bond donors (Lipinski definition) is 3. The first-order valence-electron chi connectivity index (χ1n) is 6.17. The summed E-state index contributed by atoms with van der Waals surface area (Å²) in [5.41, 5.74) is -0.284. The molecule has 0 aliphatic heterocycles. The Labute approximate surface area is 116 Å². The number of rotatable bonds is 3. The van der Waals surface area contributed by atoms with E-state index in [0.717, 1.165) is 0 Å². The van der Waals surface area contributed by atoms with E-state index in [1.54, 1.807) is 12.1 Å². The Morgan fingerprint density at radius 1 is 1.42 bits per heavy atom. The minimum absolute atomic E-state index is 0.0127. The van der Waals surface area contributed by atoms with Crippen molar-refractivity contribution in [2.75, 3.05) is 5.32 Å². The van der Waals surface area contributed by atoms with Crippen LogP contribution < -0.4 is 10.6 Å². The Bertz CT molecular complexity index is 510. The summed E-state index contributed by atoms with van der Waals surface area (Å²) in [5, 5.41) is 15.9. The van der Waals surface area contributed by atoms with E-state index in [1.165, 1.54) is 18.3 Å². The molecule has 104 valence electrons. The highest BCUT2D eigenvalue weighted by atomic mass is 32.1. The highest BCUT2D eigenvalue weighted by Gasteiger charge is 2.48. The predicted octanol–water partition coefficient (Wildman–Crippen LogP) is 1.60. The second-order valence-electron chi connectivity index (χ2n) is 5.44. The molecule has 2 atom stereocenters. The minimum atomic E-state index is -0.365. The molecule has 1 heterocycles. The fourth-order valence-electron chi connectivity index (χ4n) is 2.08. The Balaban J connectivity index is 1.97. The maximum absolute atomic E-state index is 12.0. The number of aliphatic hydroxyl groups is 1. The molecule has 1 aliphatic rings. The maximum atomic E-state index is 12.0. The largest absolute Gasteiger partial charge is 0.392 e. The zero-order valence-electron chi connectivity index (χ0n) is 11.2. The van der Waals surface area contributed by atoms with Gasteiger partial charge in [0, 0.05) is 18.4 Å². The molecule has 1 saturated carbocycles. The van der Waals surface area contributed by atoms with Gasteiger partial charge in [0.25, 0.3) is 5.91 Å². The van der Waals surface area contributed by atoms with Crippen molar-refractivity contribution in [3.63, 3.8) is 0 Å². The predicted molar refractivity (Wildman–Crippen MR) is 74.3 cm³/mol. The fourth-order valence-corrected chi connectivity index (χ4v) is 2.93. The molecule has 0 spiro atoms. The molecule has 19 heavy (non-hydrogen) atoms. The molecule has 5 nitrogen and oxygen atoms in total. The van der Waals surface area contributed by atoms with Crippen molar-refractivity contribution in [1.82, 2.24) is 5.32 Å². The first-order chi connectivity index (χ1) is 8.80. The van der Waals surface area contributed by atoms with E-state index in [2.05, 4.69) is 10.6 Å². The number of thiophene rings is 1. The van der Waals surface area contributed by atoms with E-state index < -0.39 is 0 Å². The SMILES string of the molecule is CC(=O)Nc1ccc(C(=O)NC2CC(O)C2(C)C)s1. The summed E-state index contributed by atoms with van der Waals surface area (Å²) in [7, 11) is 0. The van der Waals surface area contributed by atoms with Crippen LogP contribution in [0, 0.1) is 5.41 Å². The molecule has 0 bridgehead atoms. The van der Waals surface area contributed by atoms with Crippen LogP contribution >= 0.6 is 11.3 Å². The Morgan fingerprint density at radius 2 is 2.11 bits per heavy atom. The molecule has 1 aromatic heterocycles. The third-order valence-electron chi connectivity index (χ3n) is 3.65. The second-order valence-corrected chi connectivity index (χ2v) is 6.53. The number of hydrogen-bond acceptors (Lipinski definition) is 4. The van der Waals surface area contributed by atoms with E-state index in [-0.39, 0.29) is 29.4 Å². The first-order valence-corrected chi connectivity index (χ1v) is 6.98. The molecule has 0 radical (unpaired) electrons. The van der Waals surface area contributed by atoms with Crippen LogP contribution in [0.25, 0.3) is 0 Å². The topological polar surface area (TPSA) is 78.4 Å². The molecule has 1 aromatic rings. The Kier molecular flexibility index (Phi) is 3.64. The van der Waals surface area contributed by atoms with Crippen LogP contribution in [-0.2, 0) is 4.79 Å². The van der Waals surface area contributed by atoms with Gasteiger partial charge in [-0.3, -0.25) is 9.59 Å². The van der Waals surface area contributed by atoms with Crippen LogP contribution in [0.4, 0.5) is 5.00 Å². The molecule has 1 aliphatic carbocycles. The minimum Gasteiger partial charge on any atom is -0.392 e. The lowest BCUT2D eigenvalue weighted by molar-refractivity contribution is -0.114. The molecule has 2 rings (SSSR count). The summed E-state index contributed by atoms with van der Waals surface area (Å²) in [5.74, 6) is -0.316. The average Bonchev–Trinajstić information content (AvgIpc) is 2.76. The van der Waals surface area contributed by atoms with E-state index in [0.29, 0.717) is 16.3 Å². The normalized spacial score (nSPS) is 24.4. The van der Waals surface area contributed by atoms with Gasteiger partial charge in [0.2, 0.25) is 5.91 Å². The van der Waals surface area contributed by atoms with Crippen LogP contribution in [0.5, 0.6) is 0 Å². The van der Waals surface area contributed by atoms with Crippen molar-refractivity contribution < 1.29 is 14.7 Å². The van der Waals surface area contributed by atoms with Gasteiger partial charge in [0.1, 0.15) is 0 Å². The Morgan fingerprint density at radius 3 is 2.63 bits per heavy atom. The van der Waals surface area contributed by atoms with Gasteiger partial charge in [0.05, 0.1) is 16.0 Å². The lowest BCUT2D eigenvalue weighted by Crippen LogP contribution is -2.61. The third-order valence-corrected chi connectivity index (χ3v) is 4.65. The molecule has 2 unspecified atom stereocenters. The van der Waals surface area contributed by atoms with Gasteiger partial charge < -0.3 is 15.7 Å². The van der Waals surface area contributed by atoms with Gasteiger partial charge in [-0.15, -0.1) is 11.3 Å². The summed E-state index contributed by atoms with van der Waals surface area (Å²) in [4.78, 5) is 23.5. The van der Waals surface area contributed by atoms with Crippen molar-refractivity contribution in [2.24, 2.45) is 5.41 Å². The highest BCUT2D eigenvalue weighted by Crippen LogP contribution is 2.40. The molecule has 0 aromatic carbocycles. The number of aliphatic hydroxyl groups excluding tert-OH is 1. The van der Waals surface area contributed by atoms with E-state index in [9.17, 15) is 14.7 Å². The molecule has 2 amide bonds. The van der Waals surface area contributed by atoms with Crippen LogP contribution in [0.2, 0.25) is 0 Å². The van der Waals surface area contributed by atoms with Crippen LogP contribution in [0.15, 0.2) is 12.1 Å². The monoisotopic (exact) mass is 282 g/mol. The zero-order valence-corrected chi connectivity index (χ0v) is 12.0. The van der Waals surface area contributed by atoms with Gasteiger partial charge in [-0.25, -0.2) is 0 Å². The summed E-state index contributed by atoms with van der Waals surface area (Å²) >= 11 is 1.24. The van der Waals surface area contributed by atoms with Crippen molar-refractivity contribution in [3.05, 3.63) is 17.0 Å². The molecule has 1 fully saturated rings. The fraction of sp³-hybridized carbons (Fsp3) is 0.538. The number of anilines is 1. The number of amides is 2. The van der Waals surface area contributed by atoms with Crippen LogP contribution in [0.1, 0.15) is 36.9 Å². The summed E-state index contributed by atoms with van der Waals surface area (Å²) in [6, 6.07) is 3.39. The first kappa shape index (κ1) is 14.0. The zero-order chi connectivity index (χ0) is 14.2. The summed E-state index contributed by atoms with van der Waals surface area (Å²) < 4.78 is 0. The van der Waals surface area contributed by atoms with Crippen molar-refractivity contribution in [1.29, 1.82) is 0 Å². The molecule has 0 saturated heterocycles. The van der Waals surface area contributed by atoms with Crippen LogP contribution in [0.3, 0.4) is 0 Å². The highest BCUT2D eigenvalue weighted by molar-refractivity contribution is 7.18. The van der Waals surface area contributed by atoms with Crippen LogP contribution in [-0.4, -0.2) is 29.1 Å². The van der Waals surface area contributed by atoms with Crippen molar-refractivity contribution in [3.8, 4) is 0 Å². The smallest absolute Gasteiger partial charge is 0.261 e. The standard InChI is InChI=1S/C13H18N2O3S/c1-7(16)14-11-5-4-8(19-11)12(18)15-9-6-10(17)13(9,2)3/h4-5,9-10,17H,6H2,1-3H3,(H,14,16)(H,15,18). The van der Waals surface area contributed by atoms with Crippen molar-refractivity contribution in [2.45, 2.75) is 39.3 Å². The molecular weight excluding hydrogens is 264 g/mol. The maximum Gasteiger partial charge on any atom is 0.261 e. The summed E-state index contributed by atoms with van der Waals surface area (Å²) in [6.45, 7) is 5.30. The number of carbonyl (C=O) groups is 2. The Hall–Kier alpha value is -1.40. The van der Waals surface area contributed by atoms with E-state index in [4.69, 9.17) is 0 Å². The third kappa shape index (κ3) is 2.79. The average molecular weight is 282 g/mol. The second kappa shape index (κ2) is 4.94. The number of nitrogens with one attached hydrogen (secondary N) is 2. The van der Waals surface area contributed by atoms with Gasteiger partial charge in [-0.2, -0.15) is 0 Å². The number of carbonyl (C=O) groups excluding carboxylic acids is 2. The quantitative estimate of drug-likeness (QED) is 0.788. The van der Waals surface area contributed by atoms with Gasteiger partial charge in [0.15, 0.2) is 0 Å². The molecule has 6 heteroatoms.